The molecule has 0 aliphatic heterocycles. The Morgan fingerprint density at radius 1 is 0.882 bits per heavy atom. The fraction of sp³-hybridized carbons (Fsp3) is 1.00. The van der Waals surface area contributed by atoms with E-state index in [1.165, 1.54) is 0 Å². The van der Waals surface area contributed by atoms with Gasteiger partial charge >= 0.3 is 0 Å². The monoisotopic (exact) mass is 247 g/mol. The van der Waals surface area contributed by atoms with E-state index in [1.54, 1.807) is 0 Å². The van der Waals surface area contributed by atoms with E-state index in [2.05, 4.69) is 5.32 Å². The Bertz CT molecular complexity index is 202. The van der Waals surface area contributed by atoms with Crippen LogP contribution in [-0.4, -0.2) is 57.9 Å². The maximum absolute atomic E-state index is 10.4. The van der Waals surface area contributed by atoms with Crippen LogP contribution in [0, 0.1) is 0 Å². The van der Waals surface area contributed by atoms with Gasteiger partial charge < -0.3 is 25.7 Å². The number of hydrogen-bond donors (Lipinski definition) is 5. The lowest BCUT2D eigenvalue weighted by molar-refractivity contribution is -0.00948. The fourth-order valence-corrected chi connectivity index (χ4v) is 2.23. The molecular formula is C12H25NO4. The number of nitrogens with one attached hydrogen (secondary N) is 1. The molecular weight excluding hydrogens is 222 g/mol. The van der Waals surface area contributed by atoms with Crippen molar-refractivity contribution in [1.82, 2.24) is 5.32 Å². The molecule has 0 amide bonds. The van der Waals surface area contributed by atoms with Crippen molar-refractivity contribution in [1.29, 1.82) is 0 Å². The summed E-state index contributed by atoms with van der Waals surface area (Å²) in [5.74, 6) is 0. The molecule has 1 aliphatic rings. The highest BCUT2D eigenvalue weighted by atomic mass is 16.3. The van der Waals surface area contributed by atoms with E-state index in [0.29, 0.717) is 6.54 Å². The zero-order valence-electron chi connectivity index (χ0n) is 10.4. The summed E-state index contributed by atoms with van der Waals surface area (Å²) >= 11 is 0. The summed E-state index contributed by atoms with van der Waals surface area (Å²) in [5, 5.41) is 40.9. The Morgan fingerprint density at radius 3 is 1.76 bits per heavy atom. The first-order valence-electron chi connectivity index (χ1n) is 6.40. The summed E-state index contributed by atoms with van der Waals surface area (Å²) in [6.45, 7) is -0.753. The molecule has 0 saturated heterocycles. The van der Waals surface area contributed by atoms with Gasteiger partial charge in [0, 0.05) is 6.54 Å². The van der Waals surface area contributed by atoms with Crippen LogP contribution >= 0.6 is 0 Å². The van der Waals surface area contributed by atoms with Crippen molar-refractivity contribution in [2.24, 2.45) is 0 Å². The summed E-state index contributed by atoms with van der Waals surface area (Å²) in [5.41, 5.74) is -1.87. The lowest BCUT2D eigenvalue weighted by Crippen LogP contribution is -2.58. The molecule has 0 atom stereocenters. The van der Waals surface area contributed by atoms with E-state index in [0.717, 1.165) is 38.5 Å². The second-order valence-electron chi connectivity index (χ2n) is 5.25. The van der Waals surface area contributed by atoms with Crippen molar-refractivity contribution < 1.29 is 20.4 Å². The van der Waals surface area contributed by atoms with E-state index in [4.69, 9.17) is 0 Å². The van der Waals surface area contributed by atoms with Crippen molar-refractivity contribution >= 4 is 0 Å². The van der Waals surface area contributed by atoms with Crippen LogP contribution in [0.1, 0.15) is 38.5 Å². The Kier molecular flexibility index (Phi) is 5.82. The van der Waals surface area contributed by atoms with Crippen LogP contribution in [0.4, 0.5) is 0 Å². The number of aliphatic hydroxyl groups excluding tert-OH is 3. The highest BCUT2D eigenvalue weighted by Gasteiger charge is 2.33. The molecule has 0 heterocycles. The van der Waals surface area contributed by atoms with Gasteiger partial charge in [0.1, 0.15) is 0 Å². The molecule has 1 aliphatic carbocycles. The van der Waals surface area contributed by atoms with Gasteiger partial charge in [-0.1, -0.05) is 25.7 Å². The van der Waals surface area contributed by atoms with Gasteiger partial charge in [-0.15, -0.1) is 0 Å². The topological polar surface area (TPSA) is 93.0 Å². The molecule has 17 heavy (non-hydrogen) atoms. The molecule has 0 aromatic heterocycles. The highest BCUT2D eigenvalue weighted by Crippen LogP contribution is 2.26. The van der Waals surface area contributed by atoms with E-state index in [9.17, 15) is 20.4 Å². The molecule has 102 valence electrons. The highest BCUT2D eigenvalue weighted by molar-refractivity contribution is 4.91. The predicted molar refractivity (Wildman–Crippen MR) is 64.6 cm³/mol. The molecule has 1 fully saturated rings. The maximum Gasteiger partial charge on any atom is 0.0882 e. The normalized spacial score (nSPS) is 21.2. The first kappa shape index (κ1) is 14.9. The molecule has 5 N–H and O–H groups in total. The van der Waals surface area contributed by atoms with Crippen LogP contribution in [0.15, 0.2) is 0 Å². The number of hydrogen-bond acceptors (Lipinski definition) is 5. The molecule has 0 radical (unpaired) electrons. The second kappa shape index (κ2) is 6.66. The summed E-state index contributed by atoms with van der Waals surface area (Å²) < 4.78 is 0. The summed E-state index contributed by atoms with van der Waals surface area (Å²) in [7, 11) is 0. The third-order valence-electron chi connectivity index (χ3n) is 3.73. The Labute approximate surface area is 102 Å². The minimum atomic E-state index is -1.10. The standard InChI is InChI=1S/C12H25NO4/c14-8-11(9-15,10-16)13-7-12(17)5-3-1-2-4-6-12/h13-17H,1-10H2. The van der Waals surface area contributed by atoms with Gasteiger partial charge in [0.2, 0.25) is 0 Å². The van der Waals surface area contributed by atoms with E-state index < -0.39 is 11.1 Å². The quantitative estimate of drug-likeness (QED) is 0.403. The van der Waals surface area contributed by atoms with Crippen LogP contribution < -0.4 is 5.32 Å². The molecule has 1 saturated carbocycles. The molecule has 0 aromatic carbocycles. The minimum absolute atomic E-state index is 0.300. The van der Waals surface area contributed by atoms with Gasteiger partial charge in [-0.25, -0.2) is 0 Å². The van der Waals surface area contributed by atoms with Gasteiger partial charge in [0.05, 0.1) is 31.0 Å². The Morgan fingerprint density at radius 2 is 1.35 bits per heavy atom. The minimum Gasteiger partial charge on any atom is -0.394 e. The zero-order valence-corrected chi connectivity index (χ0v) is 10.4. The van der Waals surface area contributed by atoms with Crippen molar-refractivity contribution in [3.63, 3.8) is 0 Å². The summed E-state index contributed by atoms with van der Waals surface area (Å²) in [6, 6.07) is 0. The van der Waals surface area contributed by atoms with Crippen LogP contribution in [0.3, 0.4) is 0 Å². The van der Waals surface area contributed by atoms with Crippen molar-refractivity contribution in [3.05, 3.63) is 0 Å². The number of rotatable bonds is 6. The SMILES string of the molecule is OCC(CO)(CO)NCC1(O)CCCCCC1. The largest absolute Gasteiger partial charge is 0.394 e. The fourth-order valence-electron chi connectivity index (χ4n) is 2.23. The summed E-state index contributed by atoms with van der Waals surface area (Å²) in [4.78, 5) is 0. The molecule has 1 rings (SSSR count). The van der Waals surface area contributed by atoms with Crippen LogP contribution in [-0.2, 0) is 0 Å². The summed E-state index contributed by atoms with van der Waals surface area (Å²) in [6.07, 6.45) is 5.77. The van der Waals surface area contributed by atoms with E-state index >= 15 is 0 Å². The van der Waals surface area contributed by atoms with Gasteiger partial charge in [-0.3, -0.25) is 0 Å². The molecule has 0 bridgehead atoms. The second-order valence-corrected chi connectivity index (χ2v) is 5.25. The third kappa shape index (κ3) is 4.19. The average molecular weight is 247 g/mol. The molecule has 0 unspecified atom stereocenters. The first-order chi connectivity index (χ1) is 8.10. The van der Waals surface area contributed by atoms with Gasteiger partial charge in [-0.2, -0.15) is 0 Å². The van der Waals surface area contributed by atoms with Crippen LogP contribution in [0.25, 0.3) is 0 Å². The van der Waals surface area contributed by atoms with Crippen molar-refractivity contribution in [3.8, 4) is 0 Å². The molecule has 0 spiro atoms. The Hall–Kier alpha value is -0.200. The molecule has 5 heteroatoms. The first-order valence-corrected chi connectivity index (χ1v) is 6.40. The number of aliphatic hydroxyl groups is 4. The van der Waals surface area contributed by atoms with Crippen LogP contribution in [0.5, 0.6) is 0 Å². The lowest BCUT2D eigenvalue weighted by atomic mass is 9.92. The van der Waals surface area contributed by atoms with Gasteiger partial charge in [0.25, 0.3) is 0 Å². The predicted octanol–water partition coefficient (Wildman–Crippen LogP) is -0.623. The van der Waals surface area contributed by atoms with Crippen molar-refractivity contribution in [2.75, 3.05) is 26.4 Å². The Balaban J connectivity index is 2.51. The van der Waals surface area contributed by atoms with Crippen molar-refractivity contribution in [2.45, 2.75) is 49.7 Å². The molecule has 5 nitrogen and oxygen atoms in total. The van der Waals surface area contributed by atoms with E-state index in [-0.39, 0.29) is 19.8 Å². The molecule has 0 aromatic rings. The van der Waals surface area contributed by atoms with Gasteiger partial charge in [0.15, 0.2) is 0 Å². The maximum atomic E-state index is 10.4. The van der Waals surface area contributed by atoms with E-state index in [1.807, 2.05) is 0 Å². The average Bonchev–Trinajstić information content (AvgIpc) is 2.57. The number of β-amino-alcohol motifs (C(OH)–C–C–N with tert-alkyl or cyclic N) is 1. The lowest BCUT2D eigenvalue weighted by Gasteiger charge is -2.34. The van der Waals surface area contributed by atoms with Gasteiger partial charge in [-0.05, 0) is 12.8 Å². The van der Waals surface area contributed by atoms with Crippen LogP contribution in [0.2, 0.25) is 0 Å². The zero-order chi connectivity index (χ0) is 12.8. The third-order valence-corrected chi connectivity index (χ3v) is 3.73. The smallest absolute Gasteiger partial charge is 0.0882 e.